The van der Waals surface area contributed by atoms with Gasteiger partial charge < -0.3 is 15.0 Å². The highest BCUT2D eigenvalue weighted by molar-refractivity contribution is 7.99. The van der Waals surface area contributed by atoms with E-state index in [9.17, 15) is 4.79 Å². The van der Waals surface area contributed by atoms with Gasteiger partial charge in [0.2, 0.25) is 5.91 Å². The Balaban J connectivity index is 1.86. The van der Waals surface area contributed by atoms with Crippen molar-refractivity contribution >= 4 is 17.7 Å². The van der Waals surface area contributed by atoms with E-state index in [0.717, 1.165) is 32.5 Å². The van der Waals surface area contributed by atoms with Crippen molar-refractivity contribution in [2.45, 2.75) is 51.2 Å². The molecule has 27 heavy (non-hydrogen) atoms. The highest BCUT2D eigenvalue weighted by Gasteiger charge is 2.53. The Morgan fingerprint density at radius 3 is 2.56 bits per heavy atom. The minimum Gasteiger partial charge on any atom is -0.378 e. The topological polar surface area (TPSA) is 41.6 Å². The minimum atomic E-state index is -0.0555. The highest BCUT2D eigenvalue weighted by atomic mass is 32.2. The number of ether oxygens (including phenoxy) is 1. The molecule has 1 aromatic rings. The molecule has 1 aliphatic carbocycles. The van der Waals surface area contributed by atoms with E-state index in [1.54, 1.807) is 18.9 Å². The van der Waals surface area contributed by atoms with Crippen LogP contribution in [0.15, 0.2) is 24.3 Å². The quantitative estimate of drug-likeness (QED) is 0.834. The third kappa shape index (κ3) is 4.20. The number of rotatable bonds is 5. The largest absolute Gasteiger partial charge is 0.378 e. The molecular weight excluding hydrogens is 356 g/mol. The normalized spacial score (nSPS) is 24.8. The first-order valence-electron chi connectivity index (χ1n) is 9.93. The Morgan fingerprint density at radius 1 is 1.30 bits per heavy atom. The molecule has 1 amide bonds. The Hall–Kier alpha value is -1.04. The van der Waals surface area contributed by atoms with Crippen molar-refractivity contribution in [1.82, 2.24) is 10.2 Å². The van der Waals surface area contributed by atoms with Crippen LogP contribution in [0.3, 0.4) is 0 Å². The fourth-order valence-corrected chi connectivity index (χ4v) is 5.40. The molecule has 1 aromatic carbocycles. The summed E-state index contributed by atoms with van der Waals surface area (Å²) in [4.78, 5) is 14.9. The van der Waals surface area contributed by atoms with E-state index in [1.165, 1.54) is 11.1 Å². The van der Waals surface area contributed by atoms with Crippen LogP contribution in [0.25, 0.3) is 0 Å². The lowest BCUT2D eigenvalue weighted by Crippen LogP contribution is -2.51. The van der Waals surface area contributed by atoms with Gasteiger partial charge in [0.1, 0.15) is 0 Å². The molecule has 0 aromatic heterocycles. The van der Waals surface area contributed by atoms with Crippen molar-refractivity contribution < 1.29 is 9.53 Å². The van der Waals surface area contributed by atoms with Crippen molar-refractivity contribution in [3.05, 3.63) is 35.4 Å². The van der Waals surface area contributed by atoms with Gasteiger partial charge in [-0.05, 0) is 48.7 Å². The standard InChI is InChI=1S/C22H34N2O2S/c1-21(2,3)15-24-12-10-22(11-13-24)17-9-7-6-8-16(17)19(20(22)26-4)23-18(25)14-27-5/h6-9,19-20H,10-15H2,1-5H3,(H,23,25)/t19-,20+/m1/s1. The first-order valence-corrected chi connectivity index (χ1v) is 11.3. The molecule has 1 N–H and O–H groups in total. The SMILES string of the molecule is CO[C@H]1[C@H](NC(=O)CSC)c2ccccc2C12CCN(CC(C)(C)C)CC2. The monoisotopic (exact) mass is 390 g/mol. The lowest BCUT2D eigenvalue weighted by Gasteiger charge is -2.45. The maximum absolute atomic E-state index is 12.4. The zero-order chi connectivity index (χ0) is 19.7. The fourth-order valence-electron chi connectivity index (χ4n) is 5.05. The van der Waals surface area contributed by atoms with Crippen LogP contribution in [0.4, 0.5) is 0 Å². The molecule has 0 saturated carbocycles. The zero-order valence-corrected chi connectivity index (χ0v) is 18.2. The van der Waals surface area contributed by atoms with Gasteiger partial charge in [-0.2, -0.15) is 11.8 Å². The second-order valence-corrected chi connectivity index (χ2v) is 10.1. The first kappa shape index (κ1) is 20.7. The summed E-state index contributed by atoms with van der Waals surface area (Å²) in [5, 5.41) is 3.26. The molecule has 5 heteroatoms. The Labute approximate surface area is 168 Å². The summed E-state index contributed by atoms with van der Waals surface area (Å²) < 4.78 is 6.07. The minimum absolute atomic E-state index is 0.00232. The Kier molecular flexibility index (Phi) is 6.24. The van der Waals surface area contributed by atoms with E-state index >= 15 is 0 Å². The summed E-state index contributed by atoms with van der Waals surface area (Å²) in [6.45, 7) is 10.2. The van der Waals surface area contributed by atoms with E-state index in [1.807, 2.05) is 6.26 Å². The second-order valence-electron chi connectivity index (χ2n) is 9.21. The lowest BCUT2D eigenvalue weighted by molar-refractivity contribution is -0.121. The van der Waals surface area contributed by atoms with Gasteiger partial charge in [-0.25, -0.2) is 0 Å². The average molecular weight is 391 g/mol. The van der Waals surface area contributed by atoms with Crippen LogP contribution in [0, 0.1) is 5.41 Å². The van der Waals surface area contributed by atoms with Gasteiger partial charge >= 0.3 is 0 Å². The first-order chi connectivity index (χ1) is 12.8. The number of amides is 1. The van der Waals surface area contributed by atoms with Crippen molar-refractivity contribution in [3.8, 4) is 0 Å². The molecular formula is C22H34N2O2S. The number of carbonyl (C=O) groups is 1. The van der Waals surface area contributed by atoms with Crippen LogP contribution < -0.4 is 5.32 Å². The van der Waals surface area contributed by atoms with Crippen LogP contribution >= 0.6 is 11.8 Å². The molecule has 0 bridgehead atoms. The number of hydrogen-bond donors (Lipinski definition) is 1. The molecule has 1 saturated heterocycles. The summed E-state index contributed by atoms with van der Waals surface area (Å²) in [5.41, 5.74) is 2.93. The van der Waals surface area contributed by atoms with Crippen LogP contribution in [0.2, 0.25) is 0 Å². The van der Waals surface area contributed by atoms with Crippen molar-refractivity contribution in [1.29, 1.82) is 0 Å². The summed E-state index contributed by atoms with van der Waals surface area (Å²) in [7, 11) is 1.80. The molecule has 2 atom stereocenters. The van der Waals surface area contributed by atoms with Crippen LogP contribution in [0.5, 0.6) is 0 Å². The Bertz CT molecular complexity index is 663. The molecule has 0 radical (unpaired) electrons. The number of piperidine rings is 1. The molecule has 0 unspecified atom stereocenters. The third-order valence-electron chi connectivity index (χ3n) is 5.97. The molecule has 1 aliphatic heterocycles. The number of nitrogens with one attached hydrogen (secondary N) is 1. The van der Waals surface area contributed by atoms with E-state index in [-0.39, 0.29) is 23.5 Å². The van der Waals surface area contributed by atoms with E-state index in [2.05, 4.69) is 55.3 Å². The van der Waals surface area contributed by atoms with Gasteiger partial charge in [-0.15, -0.1) is 0 Å². The van der Waals surface area contributed by atoms with Gasteiger partial charge in [0.05, 0.1) is 17.9 Å². The maximum Gasteiger partial charge on any atom is 0.230 e. The summed E-state index contributed by atoms with van der Waals surface area (Å²) in [6, 6.07) is 8.57. The highest BCUT2D eigenvalue weighted by Crippen LogP contribution is 2.52. The zero-order valence-electron chi connectivity index (χ0n) is 17.4. The molecule has 1 fully saturated rings. The number of hydrogen-bond acceptors (Lipinski definition) is 4. The lowest BCUT2D eigenvalue weighted by atomic mass is 9.71. The number of likely N-dealkylation sites (tertiary alicyclic amines) is 1. The van der Waals surface area contributed by atoms with Gasteiger partial charge in [0.25, 0.3) is 0 Å². The van der Waals surface area contributed by atoms with Crippen molar-refractivity contribution in [2.75, 3.05) is 38.8 Å². The number of thioether (sulfide) groups is 1. The molecule has 1 spiro atoms. The number of carbonyl (C=O) groups excluding carboxylic acids is 1. The van der Waals surface area contributed by atoms with Crippen molar-refractivity contribution in [3.63, 3.8) is 0 Å². The van der Waals surface area contributed by atoms with Gasteiger partial charge in [-0.1, -0.05) is 45.0 Å². The van der Waals surface area contributed by atoms with E-state index in [0.29, 0.717) is 11.2 Å². The summed E-state index contributed by atoms with van der Waals surface area (Å²) in [6.07, 6.45) is 4.11. The van der Waals surface area contributed by atoms with Crippen LogP contribution in [-0.2, 0) is 14.9 Å². The molecule has 2 aliphatic rings. The summed E-state index contributed by atoms with van der Waals surface area (Å²) >= 11 is 1.56. The predicted octanol–water partition coefficient (Wildman–Crippen LogP) is 3.62. The van der Waals surface area contributed by atoms with Gasteiger partial charge in [-0.3, -0.25) is 4.79 Å². The number of benzene rings is 1. The smallest absolute Gasteiger partial charge is 0.230 e. The molecule has 4 nitrogen and oxygen atoms in total. The van der Waals surface area contributed by atoms with Gasteiger partial charge in [0, 0.05) is 19.1 Å². The second kappa shape index (κ2) is 8.14. The van der Waals surface area contributed by atoms with Crippen LogP contribution in [-0.4, -0.2) is 55.7 Å². The number of fused-ring (bicyclic) bond motifs is 2. The van der Waals surface area contributed by atoms with Crippen LogP contribution in [0.1, 0.15) is 50.8 Å². The molecule has 150 valence electrons. The third-order valence-corrected chi connectivity index (χ3v) is 6.52. The fraction of sp³-hybridized carbons (Fsp3) is 0.682. The average Bonchev–Trinajstić information content (AvgIpc) is 2.86. The molecule has 1 heterocycles. The number of methoxy groups -OCH3 is 1. The Morgan fingerprint density at radius 2 is 1.96 bits per heavy atom. The summed E-state index contributed by atoms with van der Waals surface area (Å²) in [5.74, 6) is 0.577. The maximum atomic E-state index is 12.4. The molecule has 3 rings (SSSR count). The van der Waals surface area contributed by atoms with Crippen molar-refractivity contribution in [2.24, 2.45) is 5.41 Å². The van der Waals surface area contributed by atoms with E-state index in [4.69, 9.17) is 4.74 Å². The van der Waals surface area contributed by atoms with E-state index < -0.39 is 0 Å². The predicted molar refractivity (Wildman–Crippen MR) is 113 cm³/mol. The number of nitrogens with zero attached hydrogens (tertiary/aromatic N) is 1. The van der Waals surface area contributed by atoms with Gasteiger partial charge in [0.15, 0.2) is 0 Å².